The van der Waals surface area contributed by atoms with Crippen molar-refractivity contribution in [3.8, 4) is 17.0 Å². The lowest BCUT2D eigenvalue weighted by Gasteiger charge is -2.30. The first-order chi connectivity index (χ1) is 17.4. The number of halogens is 1. The summed E-state index contributed by atoms with van der Waals surface area (Å²) in [4.78, 5) is 23.2. The minimum absolute atomic E-state index is 0.0172. The number of benzene rings is 1. The van der Waals surface area contributed by atoms with E-state index in [1.165, 1.54) is 0 Å². The molecule has 2 unspecified atom stereocenters. The molecular formula is C27H32ClN5O3. The summed E-state index contributed by atoms with van der Waals surface area (Å²) < 4.78 is 12.1. The van der Waals surface area contributed by atoms with Crippen LogP contribution in [0.4, 0.5) is 11.4 Å². The fourth-order valence-electron chi connectivity index (χ4n) is 4.96. The van der Waals surface area contributed by atoms with E-state index in [4.69, 9.17) is 21.1 Å². The van der Waals surface area contributed by atoms with Crippen molar-refractivity contribution in [2.45, 2.75) is 38.8 Å². The topological polar surface area (TPSA) is 91.5 Å². The Morgan fingerprint density at radius 3 is 3.00 bits per heavy atom. The number of carbonyl (C=O) groups is 1. The van der Waals surface area contributed by atoms with Gasteiger partial charge in [0.2, 0.25) is 0 Å². The first-order valence-corrected chi connectivity index (χ1v) is 12.8. The zero-order chi connectivity index (χ0) is 25.2. The standard InChI is InChI=1S/C27H32ClN5O3/c1-4-18-20(28)6-5-7-21(18)31-26-24-22(12-16(2)30-27(24)34)32-25(26)19-8-9-29-13-23(19)36-15-17-14-33(3)10-11-35-17/h5-9,13,16-17,31-32H,4,10-12,14-15H2,1-3H3,(H,30,34). The van der Waals surface area contributed by atoms with Gasteiger partial charge in [0.15, 0.2) is 0 Å². The van der Waals surface area contributed by atoms with Crippen molar-refractivity contribution in [1.82, 2.24) is 20.2 Å². The number of morpholine rings is 1. The second kappa shape index (κ2) is 10.5. The number of aromatic amines is 1. The number of nitrogens with one attached hydrogen (secondary N) is 3. The molecule has 2 aromatic heterocycles. The molecule has 1 saturated heterocycles. The molecule has 0 radical (unpaired) electrons. The number of fused-ring (bicyclic) bond motifs is 1. The van der Waals surface area contributed by atoms with Crippen LogP contribution in [0, 0.1) is 0 Å². The fraction of sp³-hybridized carbons (Fsp3) is 0.407. The molecule has 5 rings (SSSR count). The SMILES string of the molecule is CCc1c(Cl)cccc1Nc1c(-c2ccncc2OCC2CN(C)CCO2)[nH]c2c1C(=O)NC(C)C2. The van der Waals surface area contributed by atoms with E-state index in [1.807, 2.05) is 31.2 Å². The number of amides is 1. The zero-order valence-electron chi connectivity index (χ0n) is 20.9. The summed E-state index contributed by atoms with van der Waals surface area (Å²) in [6.07, 6.45) is 4.89. The van der Waals surface area contributed by atoms with Crippen LogP contribution in [0.3, 0.4) is 0 Å². The Morgan fingerprint density at radius 2 is 2.19 bits per heavy atom. The highest BCUT2D eigenvalue weighted by Gasteiger charge is 2.31. The summed E-state index contributed by atoms with van der Waals surface area (Å²) in [6.45, 7) is 6.90. The van der Waals surface area contributed by atoms with Gasteiger partial charge in [0.1, 0.15) is 18.5 Å². The third kappa shape index (κ3) is 4.93. The molecular weight excluding hydrogens is 478 g/mol. The lowest BCUT2D eigenvalue weighted by atomic mass is 10.0. The number of carbonyl (C=O) groups excluding carboxylic acids is 1. The average Bonchev–Trinajstić information content (AvgIpc) is 3.21. The second-order valence-electron chi connectivity index (χ2n) is 9.49. The number of rotatable bonds is 7. The minimum Gasteiger partial charge on any atom is -0.488 e. The van der Waals surface area contributed by atoms with Crippen LogP contribution < -0.4 is 15.4 Å². The maximum atomic E-state index is 13.2. The van der Waals surface area contributed by atoms with Crippen LogP contribution in [0.1, 0.15) is 35.5 Å². The summed E-state index contributed by atoms with van der Waals surface area (Å²) in [5.74, 6) is 0.523. The summed E-state index contributed by atoms with van der Waals surface area (Å²) in [6, 6.07) is 7.72. The number of hydrogen-bond acceptors (Lipinski definition) is 6. The number of ether oxygens (including phenoxy) is 2. The Kier molecular flexibility index (Phi) is 7.18. The number of H-pyrrole nitrogens is 1. The molecule has 36 heavy (non-hydrogen) atoms. The number of anilines is 2. The third-order valence-corrected chi connectivity index (χ3v) is 7.10. The highest BCUT2D eigenvalue weighted by atomic mass is 35.5. The van der Waals surface area contributed by atoms with Crippen LogP contribution in [0.15, 0.2) is 36.7 Å². The molecule has 0 saturated carbocycles. The minimum atomic E-state index is -0.107. The van der Waals surface area contributed by atoms with Crippen LogP contribution in [0.5, 0.6) is 5.75 Å². The van der Waals surface area contributed by atoms with Gasteiger partial charge in [0, 0.05) is 53.7 Å². The Balaban J connectivity index is 1.55. The maximum Gasteiger partial charge on any atom is 0.255 e. The average molecular weight is 510 g/mol. The molecule has 1 aromatic carbocycles. The van der Waals surface area contributed by atoms with Crippen molar-refractivity contribution in [3.63, 3.8) is 0 Å². The molecule has 1 fully saturated rings. The first kappa shape index (κ1) is 24.6. The molecule has 4 heterocycles. The maximum absolute atomic E-state index is 13.2. The van der Waals surface area contributed by atoms with Gasteiger partial charge in [-0.15, -0.1) is 0 Å². The Labute approximate surface area is 216 Å². The fourth-order valence-corrected chi connectivity index (χ4v) is 5.27. The Hall–Kier alpha value is -3.07. The molecule has 1 amide bonds. The molecule has 2 atom stereocenters. The van der Waals surface area contributed by atoms with Crippen molar-refractivity contribution in [2.75, 3.05) is 38.7 Å². The number of pyridine rings is 1. The van der Waals surface area contributed by atoms with Crippen LogP contribution in [0.2, 0.25) is 5.02 Å². The van der Waals surface area contributed by atoms with Crippen LogP contribution in [-0.4, -0.2) is 66.3 Å². The molecule has 8 nitrogen and oxygen atoms in total. The van der Waals surface area contributed by atoms with Crippen molar-refractivity contribution < 1.29 is 14.3 Å². The summed E-state index contributed by atoms with van der Waals surface area (Å²) in [7, 11) is 2.08. The number of likely N-dealkylation sites (N-methyl/N-ethyl adjacent to an activating group) is 1. The van der Waals surface area contributed by atoms with E-state index in [1.54, 1.807) is 12.4 Å². The van der Waals surface area contributed by atoms with E-state index >= 15 is 0 Å². The quantitative estimate of drug-likeness (QED) is 0.437. The molecule has 2 aliphatic rings. The van der Waals surface area contributed by atoms with Crippen molar-refractivity contribution in [3.05, 3.63) is 58.5 Å². The smallest absolute Gasteiger partial charge is 0.255 e. The van der Waals surface area contributed by atoms with Crippen LogP contribution in [0.25, 0.3) is 11.3 Å². The Morgan fingerprint density at radius 1 is 1.33 bits per heavy atom. The van der Waals surface area contributed by atoms with Gasteiger partial charge in [-0.1, -0.05) is 24.6 Å². The summed E-state index contributed by atoms with van der Waals surface area (Å²) >= 11 is 6.50. The van der Waals surface area contributed by atoms with Crippen LogP contribution in [-0.2, 0) is 17.6 Å². The summed E-state index contributed by atoms with van der Waals surface area (Å²) in [5, 5.41) is 7.29. The second-order valence-corrected chi connectivity index (χ2v) is 9.90. The normalized spacial score (nSPS) is 20.1. The van der Waals surface area contributed by atoms with Gasteiger partial charge in [0.25, 0.3) is 5.91 Å². The van der Waals surface area contributed by atoms with Crippen LogP contribution >= 0.6 is 11.6 Å². The molecule has 0 bridgehead atoms. The highest BCUT2D eigenvalue weighted by Crippen LogP contribution is 2.41. The lowest BCUT2D eigenvalue weighted by Crippen LogP contribution is -2.42. The lowest BCUT2D eigenvalue weighted by molar-refractivity contribution is -0.0403. The van der Waals surface area contributed by atoms with Crippen molar-refractivity contribution in [2.24, 2.45) is 0 Å². The van der Waals surface area contributed by atoms with Gasteiger partial charge < -0.3 is 30.0 Å². The van der Waals surface area contributed by atoms with E-state index < -0.39 is 0 Å². The largest absolute Gasteiger partial charge is 0.488 e. The third-order valence-electron chi connectivity index (χ3n) is 6.75. The predicted octanol–water partition coefficient (Wildman–Crippen LogP) is 4.42. The number of aromatic nitrogens is 2. The monoisotopic (exact) mass is 509 g/mol. The van der Waals surface area contributed by atoms with Gasteiger partial charge in [-0.25, -0.2) is 0 Å². The van der Waals surface area contributed by atoms with E-state index in [2.05, 4.69) is 39.5 Å². The molecule has 3 N–H and O–H groups in total. The Bertz CT molecular complexity index is 1260. The molecule has 190 valence electrons. The van der Waals surface area contributed by atoms with Gasteiger partial charge >= 0.3 is 0 Å². The first-order valence-electron chi connectivity index (χ1n) is 12.4. The predicted molar refractivity (Wildman–Crippen MR) is 142 cm³/mol. The number of nitrogens with zero attached hydrogens (tertiary/aromatic N) is 2. The van der Waals surface area contributed by atoms with E-state index in [-0.39, 0.29) is 18.1 Å². The van der Waals surface area contributed by atoms with E-state index in [0.717, 1.165) is 47.7 Å². The van der Waals surface area contributed by atoms with E-state index in [9.17, 15) is 4.79 Å². The van der Waals surface area contributed by atoms with Crippen molar-refractivity contribution in [1.29, 1.82) is 0 Å². The molecule has 3 aromatic rings. The molecule has 9 heteroatoms. The molecule has 0 aliphatic carbocycles. The van der Waals surface area contributed by atoms with Gasteiger partial charge in [-0.2, -0.15) is 0 Å². The van der Waals surface area contributed by atoms with E-state index in [0.29, 0.717) is 41.7 Å². The molecule has 2 aliphatic heterocycles. The van der Waals surface area contributed by atoms with Gasteiger partial charge in [-0.05, 0) is 44.2 Å². The van der Waals surface area contributed by atoms with Gasteiger partial charge in [0.05, 0.1) is 29.7 Å². The summed E-state index contributed by atoms with van der Waals surface area (Å²) in [5.41, 5.74) is 5.69. The zero-order valence-corrected chi connectivity index (χ0v) is 21.6. The van der Waals surface area contributed by atoms with Crippen molar-refractivity contribution >= 4 is 28.9 Å². The highest BCUT2D eigenvalue weighted by molar-refractivity contribution is 6.31. The number of hydrogen-bond donors (Lipinski definition) is 3. The molecule has 0 spiro atoms. The van der Waals surface area contributed by atoms with Gasteiger partial charge in [-0.3, -0.25) is 9.78 Å².